The van der Waals surface area contributed by atoms with E-state index in [2.05, 4.69) is 40.7 Å². The van der Waals surface area contributed by atoms with Gasteiger partial charge in [0, 0.05) is 25.5 Å². The molecule has 23 heavy (non-hydrogen) atoms. The molecule has 0 unspecified atom stereocenters. The summed E-state index contributed by atoms with van der Waals surface area (Å²) in [6.07, 6.45) is 1.95. The van der Waals surface area contributed by atoms with E-state index in [1.165, 1.54) is 9.75 Å². The summed E-state index contributed by atoms with van der Waals surface area (Å²) < 4.78 is 0. The number of H-pyrrole nitrogens is 1. The van der Waals surface area contributed by atoms with Crippen molar-refractivity contribution in [1.29, 1.82) is 5.26 Å². The van der Waals surface area contributed by atoms with Crippen LogP contribution in [0.1, 0.15) is 10.6 Å². The molecule has 0 aliphatic rings. The highest BCUT2D eigenvalue weighted by atomic mass is 32.1. The summed E-state index contributed by atoms with van der Waals surface area (Å²) in [5, 5.41) is 12.7. The Morgan fingerprint density at radius 3 is 2.74 bits per heavy atom. The molecule has 0 amide bonds. The average Bonchev–Trinajstić information content (AvgIpc) is 3.30. The summed E-state index contributed by atoms with van der Waals surface area (Å²) in [7, 11) is 0. The smallest absolute Gasteiger partial charge is 0.101 e. The van der Waals surface area contributed by atoms with Crippen molar-refractivity contribution < 1.29 is 0 Å². The van der Waals surface area contributed by atoms with E-state index in [0.717, 1.165) is 21.5 Å². The normalized spacial score (nSPS) is 11.7. The van der Waals surface area contributed by atoms with E-state index in [1.54, 1.807) is 22.7 Å². The summed E-state index contributed by atoms with van der Waals surface area (Å²) in [5.74, 6) is 0. The van der Waals surface area contributed by atoms with E-state index >= 15 is 0 Å². The van der Waals surface area contributed by atoms with Crippen molar-refractivity contribution in [3.8, 4) is 15.8 Å². The number of hydrogen-bond donors (Lipinski definition) is 1. The number of aromatic nitrogens is 1. The SMILES string of the molecule is N#C/C(=C\c1ccc(-c2cccs2)s1)c1cc2ccccc2[nH]1. The third-order valence-corrected chi connectivity index (χ3v) is 5.72. The largest absolute Gasteiger partial charge is 0.354 e. The average molecular weight is 332 g/mol. The van der Waals surface area contributed by atoms with Gasteiger partial charge in [0.15, 0.2) is 0 Å². The van der Waals surface area contributed by atoms with Crippen LogP contribution in [-0.2, 0) is 0 Å². The second-order valence-corrected chi connectivity index (χ2v) is 7.18. The Morgan fingerprint density at radius 1 is 1.04 bits per heavy atom. The van der Waals surface area contributed by atoms with Gasteiger partial charge in [-0.3, -0.25) is 0 Å². The fourth-order valence-electron chi connectivity index (χ4n) is 2.51. The molecule has 2 nitrogen and oxygen atoms in total. The highest BCUT2D eigenvalue weighted by Crippen LogP contribution is 2.33. The number of aromatic amines is 1. The highest BCUT2D eigenvalue weighted by Gasteiger charge is 2.07. The van der Waals surface area contributed by atoms with Gasteiger partial charge in [0.1, 0.15) is 6.07 Å². The van der Waals surface area contributed by atoms with Crippen molar-refractivity contribution >= 4 is 45.2 Å². The predicted molar refractivity (Wildman–Crippen MR) is 99.4 cm³/mol. The van der Waals surface area contributed by atoms with Crippen molar-refractivity contribution in [3.63, 3.8) is 0 Å². The molecule has 0 spiro atoms. The monoisotopic (exact) mass is 332 g/mol. The van der Waals surface area contributed by atoms with Crippen LogP contribution in [0, 0.1) is 11.3 Å². The van der Waals surface area contributed by atoms with Gasteiger partial charge in [-0.25, -0.2) is 0 Å². The minimum atomic E-state index is 0.653. The number of rotatable bonds is 3. The Balaban J connectivity index is 1.72. The lowest BCUT2D eigenvalue weighted by atomic mass is 10.1. The number of para-hydroxylation sites is 1. The first-order valence-corrected chi connectivity index (χ1v) is 8.87. The minimum absolute atomic E-state index is 0.653. The van der Waals surface area contributed by atoms with Crippen molar-refractivity contribution in [2.24, 2.45) is 0 Å². The molecule has 110 valence electrons. The maximum Gasteiger partial charge on any atom is 0.101 e. The highest BCUT2D eigenvalue weighted by molar-refractivity contribution is 7.21. The molecule has 0 bridgehead atoms. The molecular formula is C19H12N2S2. The number of hydrogen-bond acceptors (Lipinski definition) is 3. The van der Waals surface area contributed by atoms with Crippen LogP contribution in [0.3, 0.4) is 0 Å². The minimum Gasteiger partial charge on any atom is -0.354 e. The molecule has 0 aliphatic carbocycles. The molecule has 1 aromatic carbocycles. The summed E-state index contributed by atoms with van der Waals surface area (Å²) in [4.78, 5) is 6.90. The topological polar surface area (TPSA) is 39.6 Å². The Hall–Kier alpha value is -2.61. The molecule has 4 aromatic rings. The maximum atomic E-state index is 9.53. The van der Waals surface area contributed by atoms with E-state index in [0.29, 0.717) is 5.57 Å². The van der Waals surface area contributed by atoms with Crippen LogP contribution in [0.4, 0.5) is 0 Å². The first kappa shape index (κ1) is 14.0. The Morgan fingerprint density at radius 2 is 1.96 bits per heavy atom. The van der Waals surface area contributed by atoms with Crippen LogP contribution in [0.25, 0.3) is 32.3 Å². The second kappa shape index (κ2) is 5.88. The van der Waals surface area contributed by atoms with Crippen molar-refractivity contribution in [2.75, 3.05) is 0 Å². The predicted octanol–water partition coefficient (Wildman–Crippen LogP) is 6.02. The summed E-state index contributed by atoms with van der Waals surface area (Å²) in [6, 6.07) is 20.8. The van der Waals surface area contributed by atoms with E-state index in [4.69, 9.17) is 0 Å². The van der Waals surface area contributed by atoms with Gasteiger partial charge in [-0.15, -0.1) is 22.7 Å². The molecule has 0 saturated carbocycles. The Bertz CT molecular complexity index is 994. The molecule has 3 aromatic heterocycles. The Labute approximate surface area is 142 Å². The van der Waals surface area contributed by atoms with Crippen LogP contribution < -0.4 is 0 Å². The third-order valence-electron chi connectivity index (χ3n) is 3.62. The zero-order chi connectivity index (χ0) is 15.6. The van der Waals surface area contributed by atoms with Gasteiger partial charge >= 0.3 is 0 Å². The van der Waals surface area contributed by atoms with E-state index in [1.807, 2.05) is 36.4 Å². The van der Waals surface area contributed by atoms with Crippen molar-refractivity contribution in [2.45, 2.75) is 0 Å². The number of nitriles is 1. The number of nitrogens with one attached hydrogen (secondary N) is 1. The number of nitrogens with zero attached hydrogens (tertiary/aromatic N) is 1. The van der Waals surface area contributed by atoms with Gasteiger partial charge in [0.25, 0.3) is 0 Å². The lowest BCUT2D eigenvalue weighted by Gasteiger charge is -1.93. The fraction of sp³-hybridized carbons (Fsp3) is 0. The first-order valence-electron chi connectivity index (χ1n) is 7.17. The zero-order valence-electron chi connectivity index (χ0n) is 12.1. The number of allylic oxidation sites excluding steroid dienone is 1. The number of fused-ring (bicyclic) bond motifs is 1. The van der Waals surface area contributed by atoms with Crippen LogP contribution >= 0.6 is 22.7 Å². The number of benzene rings is 1. The van der Waals surface area contributed by atoms with Gasteiger partial charge in [-0.2, -0.15) is 5.26 Å². The lowest BCUT2D eigenvalue weighted by molar-refractivity contribution is 1.41. The number of thiophene rings is 2. The molecule has 0 fully saturated rings. The molecule has 0 atom stereocenters. The Kier molecular flexibility index (Phi) is 3.58. The summed E-state index contributed by atoms with van der Waals surface area (Å²) >= 11 is 3.44. The van der Waals surface area contributed by atoms with E-state index in [9.17, 15) is 5.26 Å². The first-order chi connectivity index (χ1) is 11.3. The molecule has 4 heteroatoms. The van der Waals surface area contributed by atoms with Gasteiger partial charge in [0.05, 0.1) is 11.3 Å². The standard InChI is InChI=1S/C19H12N2S2/c20-12-14(17-11-13-4-1-2-5-16(13)21-17)10-15-7-8-19(23-15)18-6-3-9-22-18/h1-11,21H/b14-10+. The van der Waals surface area contributed by atoms with Crippen molar-refractivity contribution in [1.82, 2.24) is 4.98 Å². The van der Waals surface area contributed by atoms with Gasteiger partial charge < -0.3 is 4.98 Å². The van der Waals surface area contributed by atoms with E-state index in [-0.39, 0.29) is 0 Å². The second-order valence-electron chi connectivity index (χ2n) is 5.12. The molecule has 0 saturated heterocycles. The van der Waals surface area contributed by atoms with Gasteiger partial charge in [-0.05, 0) is 41.8 Å². The zero-order valence-corrected chi connectivity index (χ0v) is 13.7. The van der Waals surface area contributed by atoms with Crippen LogP contribution in [-0.4, -0.2) is 4.98 Å². The molecule has 1 N–H and O–H groups in total. The third kappa shape index (κ3) is 2.72. The fourth-order valence-corrected chi connectivity index (χ4v) is 4.30. The molecule has 3 heterocycles. The van der Waals surface area contributed by atoms with Crippen LogP contribution in [0.15, 0.2) is 60.0 Å². The van der Waals surface area contributed by atoms with Gasteiger partial charge in [-0.1, -0.05) is 24.3 Å². The molecular weight excluding hydrogens is 320 g/mol. The summed E-state index contributed by atoms with van der Waals surface area (Å²) in [6.45, 7) is 0. The molecule has 0 radical (unpaired) electrons. The van der Waals surface area contributed by atoms with Crippen LogP contribution in [0.2, 0.25) is 0 Å². The van der Waals surface area contributed by atoms with Crippen LogP contribution in [0.5, 0.6) is 0 Å². The van der Waals surface area contributed by atoms with Crippen molar-refractivity contribution in [3.05, 3.63) is 70.5 Å². The summed E-state index contributed by atoms with van der Waals surface area (Å²) in [5.41, 5.74) is 2.56. The van der Waals surface area contributed by atoms with E-state index < -0.39 is 0 Å². The maximum absolute atomic E-state index is 9.53. The quantitative estimate of drug-likeness (QED) is 0.458. The van der Waals surface area contributed by atoms with Gasteiger partial charge in [0.2, 0.25) is 0 Å². The molecule has 0 aliphatic heterocycles. The molecule has 4 rings (SSSR count). The lowest BCUT2D eigenvalue weighted by Crippen LogP contribution is -1.79.